The van der Waals surface area contributed by atoms with Crippen LogP contribution in [0.2, 0.25) is 5.02 Å². The number of pyridine rings is 1. The maximum Gasteiger partial charge on any atom is 0.260 e. The molecule has 1 aliphatic heterocycles. The second-order valence-corrected chi connectivity index (χ2v) is 8.23. The molecule has 32 heavy (non-hydrogen) atoms. The average molecular weight is 454 g/mol. The third-order valence-corrected chi connectivity index (χ3v) is 6.08. The molecule has 2 amide bonds. The van der Waals surface area contributed by atoms with Crippen LogP contribution in [0, 0.1) is 12.7 Å². The van der Waals surface area contributed by atoms with Crippen molar-refractivity contribution in [3.05, 3.63) is 81.0 Å². The Morgan fingerprint density at radius 2 is 1.88 bits per heavy atom. The van der Waals surface area contributed by atoms with E-state index in [0.29, 0.717) is 22.5 Å². The van der Waals surface area contributed by atoms with Gasteiger partial charge in [-0.05, 0) is 49.2 Å². The van der Waals surface area contributed by atoms with E-state index in [2.05, 4.69) is 5.32 Å². The Labute approximate surface area is 189 Å². The van der Waals surface area contributed by atoms with Crippen LogP contribution in [0.5, 0.6) is 0 Å². The van der Waals surface area contributed by atoms with Crippen LogP contribution in [0.4, 0.5) is 15.8 Å². The van der Waals surface area contributed by atoms with E-state index in [9.17, 15) is 18.8 Å². The lowest BCUT2D eigenvalue weighted by molar-refractivity contribution is -0.122. The lowest BCUT2D eigenvalue weighted by Crippen LogP contribution is -2.40. The molecular formula is C24H21ClFN3O3. The second kappa shape index (κ2) is 8.24. The van der Waals surface area contributed by atoms with Gasteiger partial charge >= 0.3 is 0 Å². The average Bonchev–Trinajstić information content (AvgIpc) is 2.84. The van der Waals surface area contributed by atoms with E-state index in [1.165, 1.54) is 21.6 Å². The van der Waals surface area contributed by atoms with Gasteiger partial charge in [0.05, 0.1) is 22.2 Å². The lowest BCUT2D eigenvalue weighted by Gasteiger charge is -2.25. The molecule has 3 aromatic rings. The van der Waals surface area contributed by atoms with E-state index in [4.69, 9.17) is 11.6 Å². The number of rotatable bonds is 3. The smallest absolute Gasteiger partial charge is 0.260 e. The summed E-state index contributed by atoms with van der Waals surface area (Å²) >= 11 is 5.70. The number of aryl methyl sites for hydroxylation is 1. The Morgan fingerprint density at radius 1 is 1.16 bits per heavy atom. The Morgan fingerprint density at radius 3 is 2.59 bits per heavy atom. The van der Waals surface area contributed by atoms with Gasteiger partial charge in [-0.2, -0.15) is 0 Å². The fourth-order valence-electron chi connectivity index (χ4n) is 3.94. The zero-order valence-corrected chi connectivity index (χ0v) is 18.5. The summed E-state index contributed by atoms with van der Waals surface area (Å²) in [7, 11) is 1.67. The van der Waals surface area contributed by atoms with Gasteiger partial charge in [-0.1, -0.05) is 35.9 Å². The minimum atomic E-state index is -0.663. The third kappa shape index (κ3) is 3.69. The maximum atomic E-state index is 13.7. The second-order valence-electron chi connectivity index (χ2n) is 7.82. The molecule has 8 heteroatoms. The maximum absolute atomic E-state index is 13.7. The van der Waals surface area contributed by atoms with Crippen LogP contribution < -0.4 is 15.8 Å². The number of aromatic nitrogens is 1. The number of amides is 2. The van der Waals surface area contributed by atoms with Crippen molar-refractivity contribution in [3.63, 3.8) is 0 Å². The zero-order valence-electron chi connectivity index (χ0n) is 17.8. The summed E-state index contributed by atoms with van der Waals surface area (Å²) in [6.45, 7) is 3.19. The van der Waals surface area contributed by atoms with Crippen LogP contribution >= 0.6 is 11.6 Å². The lowest BCUT2D eigenvalue weighted by atomic mass is 9.93. The quantitative estimate of drug-likeness (QED) is 0.644. The van der Waals surface area contributed by atoms with Gasteiger partial charge in [-0.25, -0.2) is 4.39 Å². The van der Waals surface area contributed by atoms with Crippen molar-refractivity contribution in [3.8, 4) is 11.1 Å². The molecule has 0 fully saturated rings. The molecule has 0 saturated carbocycles. The van der Waals surface area contributed by atoms with Gasteiger partial charge in [0.1, 0.15) is 12.4 Å². The predicted molar refractivity (Wildman–Crippen MR) is 123 cm³/mol. The highest BCUT2D eigenvalue weighted by Gasteiger charge is 2.34. The summed E-state index contributed by atoms with van der Waals surface area (Å²) in [5.41, 5.74) is 2.77. The minimum Gasteiger partial charge on any atom is -0.324 e. The number of carbonyl (C=O) groups excluding carboxylic acids is 2. The van der Waals surface area contributed by atoms with Crippen molar-refractivity contribution in [2.24, 2.45) is 7.05 Å². The SMILES string of the molecule is Cc1cc2c(c(=O)n1C)-c1ccccc1[C@H](C)C(=O)N2CC(=O)Nc1ccc(Cl)c(F)c1. The van der Waals surface area contributed by atoms with Crippen LogP contribution in [0.15, 0.2) is 53.3 Å². The molecule has 0 spiro atoms. The van der Waals surface area contributed by atoms with E-state index in [1.807, 2.05) is 24.3 Å². The highest BCUT2D eigenvalue weighted by atomic mass is 35.5. The Balaban J connectivity index is 1.79. The summed E-state index contributed by atoms with van der Waals surface area (Å²) < 4.78 is 15.3. The van der Waals surface area contributed by atoms with Gasteiger partial charge in [0.2, 0.25) is 11.8 Å². The molecule has 0 unspecified atom stereocenters. The van der Waals surface area contributed by atoms with Crippen LogP contribution in [0.3, 0.4) is 0 Å². The van der Waals surface area contributed by atoms with Crippen molar-refractivity contribution in [2.75, 3.05) is 16.8 Å². The van der Waals surface area contributed by atoms with Crippen molar-refractivity contribution < 1.29 is 14.0 Å². The highest BCUT2D eigenvalue weighted by molar-refractivity contribution is 6.30. The van der Waals surface area contributed by atoms with Crippen molar-refractivity contribution in [2.45, 2.75) is 19.8 Å². The van der Waals surface area contributed by atoms with E-state index in [1.54, 1.807) is 27.0 Å². The first kappa shape index (κ1) is 21.8. The number of benzene rings is 2. The minimum absolute atomic E-state index is 0.0578. The van der Waals surface area contributed by atoms with Crippen LogP contribution in [-0.2, 0) is 16.6 Å². The number of nitrogens with zero attached hydrogens (tertiary/aromatic N) is 2. The van der Waals surface area contributed by atoms with Gasteiger partial charge in [0.25, 0.3) is 5.56 Å². The molecule has 1 N–H and O–H groups in total. The molecule has 6 nitrogen and oxygen atoms in total. The van der Waals surface area contributed by atoms with Crippen molar-refractivity contribution in [1.82, 2.24) is 4.57 Å². The zero-order chi connectivity index (χ0) is 23.2. The van der Waals surface area contributed by atoms with Crippen LogP contribution in [-0.4, -0.2) is 22.9 Å². The monoisotopic (exact) mass is 453 g/mol. The number of hydrogen-bond donors (Lipinski definition) is 1. The van der Waals surface area contributed by atoms with Gasteiger partial charge in [0, 0.05) is 18.4 Å². The Bertz CT molecular complexity index is 1320. The third-order valence-electron chi connectivity index (χ3n) is 5.78. The number of fused-ring (bicyclic) bond motifs is 3. The fourth-order valence-corrected chi connectivity index (χ4v) is 4.06. The van der Waals surface area contributed by atoms with Gasteiger partial charge in [-0.3, -0.25) is 14.4 Å². The van der Waals surface area contributed by atoms with E-state index < -0.39 is 17.6 Å². The number of hydrogen-bond acceptors (Lipinski definition) is 3. The Kier molecular flexibility index (Phi) is 5.60. The number of nitrogens with one attached hydrogen (secondary N) is 1. The summed E-state index contributed by atoms with van der Waals surface area (Å²) in [6, 6.07) is 12.9. The fraction of sp³-hybridized carbons (Fsp3) is 0.208. The Hall–Kier alpha value is -3.45. The topological polar surface area (TPSA) is 71.4 Å². The molecule has 0 bridgehead atoms. The molecule has 0 saturated heterocycles. The van der Waals surface area contributed by atoms with Crippen LogP contribution in [0.25, 0.3) is 11.1 Å². The molecule has 4 rings (SSSR count). The summed E-state index contributed by atoms with van der Waals surface area (Å²) in [5.74, 6) is -2.06. The van der Waals surface area contributed by atoms with Crippen molar-refractivity contribution >= 4 is 34.8 Å². The molecule has 0 radical (unpaired) electrons. The summed E-state index contributed by atoms with van der Waals surface area (Å²) in [5, 5.41) is 2.53. The van der Waals surface area contributed by atoms with E-state index >= 15 is 0 Å². The molecular weight excluding hydrogens is 433 g/mol. The normalized spacial score (nSPS) is 15.1. The molecule has 1 aromatic heterocycles. The standard InChI is InChI=1S/C24H21ClFN3O3/c1-13-10-20-22(24(32)28(13)3)17-7-5-4-6-16(17)14(2)23(31)29(20)12-21(30)27-15-8-9-18(25)19(26)11-15/h4-11,14H,12H2,1-3H3,(H,27,30)/t14-/m0/s1. The van der Waals surface area contributed by atoms with Gasteiger partial charge in [-0.15, -0.1) is 0 Å². The number of anilines is 2. The largest absolute Gasteiger partial charge is 0.324 e. The summed E-state index contributed by atoms with van der Waals surface area (Å²) in [4.78, 5) is 40.8. The van der Waals surface area contributed by atoms with Crippen LogP contribution in [0.1, 0.15) is 24.1 Å². The first-order valence-electron chi connectivity index (χ1n) is 10.0. The molecule has 0 aliphatic carbocycles. The number of carbonyl (C=O) groups is 2. The van der Waals surface area contributed by atoms with Gasteiger partial charge < -0.3 is 14.8 Å². The summed E-state index contributed by atoms with van der Waals surface area (Å²) in [6.07, 6.45) is 0. The molecule has 1 atom stereocenters. The molecule has 2 heterocycles. The predicted octanol–water partition coefficient (Wildman–Crippen LogP) is 4.24. The molecule has 1 aliphatic rings. The van der Waals surface area contributed by atoms with Crippen molar-refractivity contribution in [1.29, 1.82) is 0 Å². The molecule has 2 aromatic carbocycles. The first-order chi connectivity index (χ1) is 15.2. The molecule has 164 valence electrons. The van der Waals surface area contributed by atoms with Gasteiger partial charge in [0.15, 0.2) is 0 Å². The first-order valence-corrected chi connectivity index (χ1v) is 10.4. The van der Waals surface area contributed by atoms with E-state index in [-0.39, 0.29) is 28.7 Å². The number of halogens is 2. The van der Waals surface area contributed by atoms with E-state index in [0.717, 1.165) is 11.6 Å². The highest BCUT2D eigenvalue weighted by Crippen LogP contribution is 2.39.